The Bertz CT molecular complexity index is 873. The van der Waals surface area contributed by atoms with E-state index in [0.29, 0.717) is 18.0 Å². The van der Waals surface area contributed by atoms with E-state index < -0.39 is 6.04 Å². The number of nitrogens with zero attached hydrogens (tertiary/aromatic N) is 2. The van der Waals surface area contributed by atoms with Crippen molar-refractivity contribution in [2.24, 2.45) is 7.05 Å². The van der Waals surface area contributed by atoms with Crippen LogP contribution in [-0.4, -0.2) is 22.6 Å². The fourth-order valence-corrected chi connectivity index (χ4v) is 2.74. The van der Waals surface area contributed by atoms with E-state index in [1.54, 1.807) is 43.8 Å². The van der Waals surface area contributed by atoms with Crippen molar-refractivity contribution < 1.29 is 13.9 Å². The summed E-state index contributed by atoms with van der Waals surface area (Å²) in [5, 5.41) is 2.99. The lowest BCUT2D eigenvalue weighted by atomic mass is 10.0. The second kappa shape index (κ2) is 7.93. The average Bonchev–Trinajstić information content (AvgIpc) is 3.07. The van der Waals surface area contributed by atoms with Crippen LogP contribution >= 0.6 is 0 Å². The number of carbonyl (C=O) groups excluding carboxylic acids is 1. The summed E-state index contributed by atoms with van der Waals surface area (Å²) >= 11 is 0. The fraction of sp³-hybridized carbons (Fsp3) is 0.200. The number of aromatic nitrogens is 2. The Kier molecular flexibility index (Phi) is 5.43. The van der Waals surface area contributed by atoms with Gasteiger partial charge in [-0.1, -0.05) is 24.3 Å². The van der Waals surface area contributed by atoms with Gasteiger partial charge < -0.3 is 14.6 Å². The van der Waals surface area contributed by atoms with Gasteiger partial charge in [0.25, 0.3) is 5.91 Å². The van der Waals surface area contributed by atoms with Crippen LogP contribution in [0.2, 0.25) is 0 Å². The molecule has 1 N–H and O–H groups in total. The summed E-state index contributed by atoms with van der Waals surface area (Å²) in [5.41, 5.74) is 2.28. The smallest absolute Gasteiger partial charge is 0.252 e. The Labute approximate surface area is 151 Å². The van der Waals surface area contributed by atoms with E-state index in [4.69, 9.17) is 4.74 Å². The van der Waals surface area contributed by atoms with Crippen molar-refractivity contribution in [2.45, 2.75) is 12.6 Å². The van der Waals surface area contributed by atoms with Gasteiger partial charge in [0.1, 0.15) is 17.7 Å². The zero-order chi connectivity index (χ0) is 18.5. The van der Waals surface area contributed by atoms with Crippen LogP contribution in [0.1, 0.15) is 33.4 Å². The molecule has 1 aromatic heterocycles. The zero-order valence-electron chi connectivity index (χ0n) is 14.6. The molecule has 0 spiro atoms. The lowest BCUT2D eigenvalue weighted by Gasteiger charge is -2.19. The van der Waals surface area contributed by atoms with Crippen LogP contribution in [0.5, 0.6) is 0 Å². The summed E-state index contributed by atoms with van der Waals surface area (Å²) in [6, 6.07) is 12.8. The topological polar surface area (TPSA) is 56.1 Å². The maximum atomic E-state index is 13.3. The van der Waals surface area contributed by atoms with Crippen LogP contribution < -0.4 is 5.32 Å². The normalized spacial score (nSPS) is 12.0. The van der Waals surface area contributed by atoms with Crippen molar-refractivity contribution >= 4 is 5.91 Å². The van der Waals surface area contributed by atoms with Gasteiger partial charge in [0.15, 0.2) is 0 Å². The maximum absolute atomic E-state index is 13.3. The Morgan fingerprint density at radius 1 is 1.19 bits per heavy atom. The third-order valence-corrected chi connectivity index (χ3v) is 4.12. The largest absolute Gasteiger partial charge is 0.380 e. The standard InChI is InChI=1S/C20H20FN3O2/c1-24-12-11-22-19(24)18(15-7-9-17(21)10-8-15)23-20(25)16-5-3-14(4-6-16)13-26-2/h3-12,18H,13H2,1-2H3,(H,23,25). The molecule has 134 valence electrons. The molecule has 0 radical (unpaired) electrons. The monoisotopic (exact) mass is 353 g/mol. The Hall–Kier alpha value is -2.99. The summed E-state index contributed by atoms with van der Waals surface area (Å²) in [6.07, 6.45) is 3.47. The summed E-state index contributed by atoms with van der Waals surface area (Å²) in [4.78, 5) is 17.1. The number of nitrogens with one attached hydrogen (secondary N) is 1. The predicted molar refractivity (Wildman–Crippen MR) is 96.1 cm³/mol. The van der Waals surface area contributed by atoms with Gasteiger partial charge in [-0.25, -0.2) is 9.37 Å². The predicted octanol–water partition coefficient (Wildman–Crippen LogP) is 3.23. The molecule has 6 heteroatoms. The molecule has 1 unspecified atom stereocenters. The minimum atomic E-state index is -0.484. The minimum absolute atomic E-state index is 0.230. The zero-order valence-corrected chi connectivity index (χ0v) is 14.6. The molecule has 0 bridgehead atoms. The van der Waals surface area contributed by atoms with Crippen molar-refractivity contribution in [3.8, 4) is 0 Å². The molecule has 0 aliphatic carbocycles. The van der Waals surface area contributed by atoms with Crippen LogP contribution in [-0.2, 0) is 18.4 Å². The second-order valence-electron chi connectivity index (χ2n) is 5.98. The first-order chi connectivity index (χ1) is 12.6. The van der Waals surface area contributed by atoms with E-state index >= 15 is 0 Å². The molecule has 0 fully saturated rings. The molecule has 1 atom stereocenters. The first-order valence-corrected chi connectivity index (χ1v) is 8.20. The number of hydrogen-bond donors (Lipinski definition) is 1. The maximum Gasteiger partial charge on any atom is 0.252 e. The van der Waals surface area contributed by atoms with Crippen molar-refractivity contribution in [1.82, 2.24) is 14.9 Å². The minimum Gasteiger partial charge on any atom is -0.380 e. The van der Waals surface area contributed by atoms with Gasteiger partial charge in [-0.2, -0.15) is 0 Å². The Morgan fingerprint density at radius 3 is 2.46 bits per heavy atom. The number of ether oxygens (including phenoxy) is 1. The molecular formula is C20H20FN3O2. The molecule has 5 nitrogen and oxygen atoms in total. The molecule has 0 saturated heterocycles. The van der Waals surface area contributed by atoms with Crippen LogP contribution in [0.25, 0.3) is 0 Å². The number of carbonyl (C=O) groups is 1. The van der Waals surface area contributed by atoms with Crippen molar-refractivity contribution in [3.63, 3.8) is 0 Å². The lowest BCUT2D eigenvalue weighted by Crippen LogP contribution is -2.31. The van der Waals surface area contributed by atoms with Gasteiger partial charge >= 0.3 is 0 Å². The highest BCUT2D eigenvalue weighted by Gasteiger charge is 2.21. The molecule has 3 rings (SSSR count). The summed E-state index contributed by atoms with van der Waals surface area (Å²) < 4.78 is 20.2. The SMILES string of the molecule is COCc1ccc(C(=O)NC(c2ccc(F)cc2)c2nccn2C)cc1. The first-order valence-electron chi connectivity index (χ1n) is 8.20. The number of halogens is 1. The van der Waals surface area contributed by atoms with E-state index in [-0.39, 0.29) is 11.7 Å². The van der Waals surface area contributed by atoms with Gasteiger partial charge in [0.2, 0.25) is 0 Å². The van der Waals surface area contributed by atoms with E-state index in [2.05, 4.69) is 10.3 Å². The lowest BCUT2D eigenvalue weighted by molar-refractivity contribution is 0.0941. The molecule has 3 aromatic rings. The highest BCUT2D eigenvalue weighted by atomic mass is 19.1. The molecule has 0 aliphatic rings. The van der Waals surface area contributed by atoms with Crippen LogP contribution in [0, 0.1) is 5.82 Å². The van der Waals surface area contributed by atoms with Crippen molar-refractivity contribution in [2.75, 3.05) is 7.11 Å². The number of hydrogen-bond acceptors (Lipinski definition) is 3. The van der Waals surface area contributed by atoms with Crippen molar-refractivity contribution in [1.29, 1.82) is 0 Å². The Morgan fingerprint density at radius 2 is 1.88 bits per heavy atom. The molecular weight excluding hydrogens is 333 g/mol. The fourth-order valence-electron chi connectivity index (χ4n) is 2.74. The number of imidazole rings is 1. The summed E-state index contributed by atoms with van der Waals surface area (Å²) in [7, 11) is 3.48. The highest BCUT2D eigenvalue weighted by molar-refractivity contribution is 5.94. The molecule has 0 aliphatic heterocycles. The third kappa shape index (κ3) is 3.97. The van der Waals surface area contributed by atoms with Crippen molar-refractivity contribution in [3.05, 3.63) is 89.3 Å². The number of benzene rings is 2. The summed E-state index contributed by atoms with van der Waals surface area (Å²) in [5.74, 6) is 0.111. The number of rotatable bonds is 6. The van der Waals surface area contributed by atoms with E-state index in [1.165, 1.54) is 12.1 Å². The number of amides is 1. The quantitative estimate of drug-likeness (QED) is 0.740. The molecule has 1 heterocycles. The van der Waals surface area contributed by atoms with Gasteiger partial charge in [-0.05, 0) is 35.4 Å². The first kappa shape index (κ1) is 17.8. The van der Waals surface area contributed by atoms with Crippen LogP contribution in [0.3, 0.4) is 0 Å². The second-order valence-corrected chi connectivity index (χ2v) is 5.98. The van der Waals surface area contributed by atoms with E-state index in [0.717, 1.165) is 11.1 Å². The number of methoxy groups -OCH3 is 1. The van der Waals surface area contributed by atoms with Crippen LogP contribution in [0.15, 0.2) is 60.9 Å². The Balaban J connectivity index is 1.86. The van der Waals surface area contributed by atoms with Gasteiger partial charge in [0, 0.05) is 32.1 Å². The third-order valence-electron chi connectivity index (χ3n) is 4.12. The van der Waals surface area contributed by atoms with Gasteiger partial charge in [0.05, 0.1) is 6.61 Å². The molecule has 26 heavy (non-hydrogen) atoms. The summed E-state index contributed by atoms with van der Waals surface area (Å²) in [6.45, 7) is 0.493. The molecule has 0 saturated carbocycles. The van der Waals surface area contributed by atoms with Gasteiger partial charge in [-0.15, -0.1) is 0 Å². The molecule has 2 aromatic carbocycles. The molecule has 1 amide bonds. The van der Waals surface area contributed by atoms with E-state index in [1.807, 2.05) is 23.7 Å². The van der Waals surface area contributed by atoms with Gasteiger partial charge in [-0.3, -0.25) is 4.79 Å². The van der Waals surface area contributed by atoms with Crippen LogP contribution in [0.4, 0.5) is 4.39 Å². The highest BCUT2D eigenvalue weighted by Crippen LogP contribution is 2.21. The van der Waals surface area contributed by atoms with E-state index in [9.17, 15) is 9.18 Å². The number of aryl methyl sites for hydroxylation is 1. The average molecular weight is 353 g/mol.